The summed E-state index contributed by atoms with van der Waals surface area (Å²) in [5, 5.41) is 16.4. The van der Waals surface area contributed by atoms with E-state index < -0.39 is 12.0 Å². The minimum Gasteiger partial charge on any atom is -0.452 e. The largest absolute Gasteiger partial charge is 0.452 e. The summed E-state index contributed by atoms with van der Waals surface area (Å²) in [5.74, 6) is -0.682. The number of ketones is 1. The van der Waals surface area contributed by atoms with Crippen LogP contribution < -0.4 is 0 Å². The van der Waals surface area contributed by atoms with Crippen LogP contribution in [0.4, 0.5) is 4.79 Å². The molecule has 3 heterocycles. The molecule has 2 amide bonds. The van der Waals surface area contributed by atoms with Crippen LogP contribution in [0.2, 0.25) is 15.1 Å². The SMILES string of the molecule is COC(=O)N(C)N(C)C(=O)c1cc(Cl)cc(C)c1CC(=O)c1cc(Cn2cc(-c3ccc(Cl)cc3)nn2)nn1-c1ncccc1Cl. The Morgan fingerprint density at radius 1 is 0.957 bits per heavy atom. The van der Waals surface area contributed by atoms with E-state index in [4.69, 9.17) is 39.5 Å². The number of benzene rings is 2. The average molecular weight is 682 g/mol. The molecule has 0 bridgehead atoms. The summed E-state index contributed by atoms with van der Waals surface area (Å²) in [7, 11) is 4.00. The van der Waals surface area contributed by atoms with Crippen LogP contribution in [0.3, 0.4) is 0 Å². The second-order valence-electron chi connectivity index (χ2n) is 10.2. The Morgan fingerprint density at radius 3 is 2.39 bits per heavy atom. The highest BCUT2D eigenvalue weighted by Crippen LogP contribution is 2.26. The molecule has 0 aliphatic carbocycles. The van der Waals surface area contributed by atoms with E-state index in [1.54, 1.807) is 60.4 Å². The molecular formula is C31H27Cl3N8O4. The van der Waals surface area contributed by atoms with Gasteiger partial charge in [0.1, 0.15) is 11.4 Å². The van der Waals surface area contributed by atoms with E-state index in [1.807, 2.05) is 12.1 Å². The number of rotatable bonds is 8. The van der Waals surface area contributed by atoms with Crippen molar-refractivity contribution in [3.63, 3.8) is 0 Å². The van der Waals surface area contributed by atoms with Crippen molar-refractivity contribution in [3.05, 3.63) is 110 Å². The molecule has 0 spiro atoms. The Hall–Kier alpha value is -4.78. The highest BCUT2D eigenvalue weighted by atomic mass is 35.5. The lowest BCUT2D eigenvalue weighted by atomic mass is 9.95. The highest BCUT2D eigenvalue weighted by molar-refractivity contribution is 6.32. The van der Waals surface area contributed by atoms with Gasteiger partial charge in [-0.3, -0.25) is 9.59 Å². The number of amides is 2. The summed E-state index contributed by atoms with van der Waals surface area (Å²) in [6, 6.07) is 15.3. The van der Waals surface area contributed by atoms with Crippen LogP contribution in [0.15, 0.2) is 67.0 Å². The Labute approximate surface area is 279 Å². The molecule has 0 atom stereocenters. The maximum absolute atomic E-state index is 14.1. The van der Waals surface area contributed by atoms with Crippen molar-refractivity contribution in [2.45, 2.75) is 19.9 Å². The fraction of sp³-hybridized carbons (Fsp3) is 0.194. The van der Waals surface area contributed by atoms with E-state index in [0.29, 0.717) is 32.6 Å². The molecule has 0 radical (unpaired) electrons. The average Bonchev–Trinajstić information content (AvgIpc) is 3.69. The van der Waals surface area contributed by atoms with Crippen molar-refractivity contribution in [2.75, 3.05) is 21.2 Å². The van der Waals surface area contributed by atoms with Gasteiger partial charge in [0.25, 0.3) is 5.91 Å². The molecule has 46 heavy (non-hydrogen) atoms. The summed E-state index contributed by atoms with van der Waals surface area (Å²) in [6.45, 7) is 1.93. The molecule has 0 saturated heterocycles. The number of nitrogens with zero attached hydrogens (tertiary/aromatic N) is 8. The lowest BCUT2D eigenvalue weighted by Crippen LogP contribution is -2.45. The van der Waals surface area contributed by atoms with Gasteiger partial charge in [-0.05, 0) is 60.5 Å². The Morgan fingerprint density at radius 2 is 1.70 bits per heavy atom. The molecule has 3 aromatic heterocycles. The van der Waals surface area contributed by atoms with Crippen molar-refractivity contribution in [1.82, 2.24) is 39.8 Å². The monoisotopic (exact) mass is 680 g/mol. The zero-order valence-electron chi connectivity index (χ0n) is 25.1. The van der Waals surface area contributed by atoms with Crippen LogP contribution in [-0.2, 0) is 17.7 Å². The molecule has 5 rings (SSSR count). The first-order chi connectivity index (χ1) is 22.0. The van der Waals surface area contributed by atoms with Gasteiger partial charge in [0.2, 0.25) is 0 Å². The van der Waals surface area contributed by atoms with Crippen LogP contribution >= 0.6 is 34.8 Å². The number of aromatic nitrogens is 6. The zero-order valence-corrected chi connectivity index (χ0v) is 27.4. The van der Waals surface area contributed by atoms with Gasteiger partial charge in [-0.1, -0.05) is 52.1 Å². The number of hydrogen-bond donors (Lipinski definition) is 0. The van der Waals surface area contributed by atoms with Crippen molar-refractivity contribution in [3.8, 4) is 17.1 Å². The minimum atomic E-state index is -0.747. The van der Waals surface area contributed by atoms with Crippen molar-refractivity contribution in [1.29, 1.82) is 0 Å². The number of aryl methyl sites for hydroxylation is 1. The Kier molecular flexibility index (Phi) is 9.71. The predicted molar refractivity (Wildman–Crippen MR) is 172 cm³/mol. The lowest BCUT2D eigenvalue weighted by Gasteiger charge is -2.28. The molecule has 0 aliphatic rings. The van der Waals surface area contributed by atoms with Gasteiger partial charge < -0.3 is 4.74 Å². The summed E-state index contributed by atoms with van der Waals surface area (Å²) >= 11 is 18.8. The number of hydrogen-bond acceptors (Lipinski definition) is 8. The van der Waals surface area contributed by atoms with Crippen molar-refractivity contribution in [2.24, 2.45) is 0 Å². The molecule has 0 aliphatic heterocycles. The first-order valence-electron chi connectivity index (χ1n) is 13.7. The first kappa shape index (κ1) is 32.6. The lowest BCUT2D eigenvalue weighted by molar-refractivity contribution is 0.0192. The van der Waals surface area contributed by atoms with E-state index in [2.05, 4.69) is 20.4 Å². The summed E-state index contributed by atoms with van der Waals surface area (Å²) in [6.07, 6.45) is 2.36. The Balaban J connectivity index is 1.50. The molecule has 5 aromatic rings. The predicted octanol–water partition coefficient (Wildman–Crippen LogP) is 5.95. The summed E-state index contributed by atoms with van der Waals surface area (Å²) in [4.78, 5) is 44.0. The number of ether oxygens (including phenoxy) is 1. The molecule has 12 nitrogen and oxygen atoms in total. The molecule has 0 N–H and O–H groups in total. The third-order valence-electron chi connectivity index (χ3n) is 7.18. The third-order valence-corrected chi connectivity index (χ3v) is 7.94. The van der Waals surface area contributed by atoms with E-state index in [-0.39, 0.29) is 40.8 Å². The van der Waals surface area contributed by atoms with Crippen molar-refractivity contribution < 1.29 is 19.1 Å². The topological polar surface area (TPSA) is 128 Å². The quantitative estimate of drug-likeness (QED) is 0.145. The molecular weight excluding hydrogens is 655 g/mol. The number of halogens is 3. The van der Waals surface area contributed by atoms with Gasteiger partial charge >= 0.3 is 6.09 Å². The molecule has 236 valence electrons. The maximum Gasteiger partial charge on any atom is 0.428 e. The van der Waals surface area contributed by atoms with Crippen LogP contribution in [0, 0.1) is 6.92 Å². The molecule has 0 unspecified atom stereocenters. The highest BCUT2D eigenvalue weighted by Gasteiger charge is 2.27. The fourth-order valence-electron chi connectivity index (χ4n) is 4.71. The fourth-order valence-corrected chi connectivity index (χ4v) is 5.31. The second kappa shape index (κ2) is 13.7. The number of carbonyl (C=O) groups is 3. The molecule has 15 heteroatoms. The van der Waals surface area contributed by atoms with Crippen molar-refractivity contribution >= 4 is 52.6 Å². The zero-order chi connectivity index (χ0) is 33.1. The van der Waals surface area contributed by atoms with Crippen LogP contribution in [-0.4, -0.2) is 78.8 Å². The molecule has 0 saturated carbocycles. The maximum atomic E-state index is 14.1. The van der Waals surface area contributed by atoms with Gasteiger partial charge in [0, 0.05) is 47.9 Å². The number of pyridine rings is 1. The number of carbonyl (C=O) groups excluding carboxylic acids is 3. The van der Waals surface area contributed by atoms with E-state index >= 15 is 0 Å². The minimum absolute atomic E-state index is 0.149. The van der Waals surface area contributed by atoms with Gasteiger partial charge in [0.05, 0.1) is 30.6 Å². The van der Waals surface area contributed by atoms with Gasteiger partial charge in [-0.15, -0.1) is 5.10 Å². The molecule has 2 aromatic carbocycles. The van der Waals surface area contributed by atoms with E-state index in [0.717, 1.165) is 15.6 Å². The van der Waals surface area contributed by atoms with Crippen LogP contribution in [0.5, 0.6) is 0 Å². The standard InChI is InChI=1S/C31H27Cl3N8O4/c1-18-12-21(33)13-24(30(44)39(2)40(3)31(45)46-4)23(18)15-28(43)27-14-22(37-42(27)29-25(34)6-5-11-35-29)16-41-17-26(36-38-41)19-7-9-20(32)10-8-19/h5-14,17H,15-16H2,1-4H3. The van der Waals surface area contributed by atoms with E-state index in [1.165, 1.54) is 32.0 Å². The van der Waals surface area contributed by atoms with Crippen LogP contribution in [0.25, 0.3) is 17.1 Å². The molecule has 0 fully saturated rings. The summed E-state index contributed by atoms with van der Waals surface area (Å²) in [5.41, 5.74) is 3.33. The summed E-state index contributed by atoms with van der Waals surface area (Å²) < 4.78 is 7.70. The number of methoxy groups -OCH3 is 1. The normalized spacial score (nSPS) is 10.9. The first-order valence-corrected chi connectivity index (χ1v) is 14.9. The number of hydrazine groups is 1. The van der Waals surface area contributed by atoms with Gasteiger partial charge in [-0.2, -0.15) is 5.10 Å². The third kappa shape index (κ3) is 6.89. The second-order valence-corrected chi connectivity index (χ2v) is 11.5. The van der Waals surface area contributed by atoms with E-state index in [9.17, 15) is 14.4 Å². The van der Waals surface area contributed by atoms with Gasteiger partial charge in [-0.25, -0.2) is 29.2 Å². The smallest absolute Gasteiger partial charge is 0.428 e. The van der Waals surface area contributed by atoms with Crippen LogP contribution in [0.1, 0.15) is 37.7 Å². The number of Topliss-reactive ketones (excluding diaryl/α,β-unsaturated/α-hetero) is 1. The van der Waals surface area contributed by atoms with Gasteiger partial charge in [0.15, 0.2) is 11.6 Å². The Bertz CT molecular complexity index is 1940.